The standard InChI is InChI=1S/C13H18BrNO2/c1-17-13(5-2-6-13)9-15-8-10-7-11(14)3-4-12(10)16/h3-4,7,15-16H,2,5-6,8-9H2,1H3. The van der Waals surface area contributed by atoms with Gasteiger partial charge in [0.2, 0.25) is 0 Å². The van der Waals surface area contributed by atoms with Gasteiger partial charge in [0, 0.05) is 30.2 Å². The second-order valence-electron chi connectivity index (χ2n) is 4.62. The molecule has 2 N–H and O–H groups in total. The number of phenols is 1. The van der Waals surface area contributed by atoms with Crippen molar-refractivity contribution >= 4 is 15.9 Å². The third kappa shape index (κ3) is 3.00. The van der Waals surface area contributed by atoms with Crippen LogP contribution in [0.25, 0.3) is 0 Å². The van der Waals surface area contributed by atoms with E-state index < -0.39 is 0 Å². The van der Waals surface area contributed by atoms with E-state index in [4.69, 9.17) is 4.74 Å². The number of hydrogen-bond donors (Lipinski definition) is 2. The van der Waals surface area contributed by atoms with E-state index >= 15 is 0 Å². The maximum absolute atomic E-state index is 9.70. The van der Waals surface area contributed by atoms with Crippen molar-refractivity contribution in [2.24, 2.45) is 0 Å². The summed E-state index contributed by atoms with van der Waals surface area (Å²) in [7, 11) is 1.78. The number of hydrogen-bond acceptors (Lipinski definition) is 3. The molecule has 1 aliphatic carbocycles. The van der Waals surface area contributed by atoms with Crippen LogP contribution in [0.15, 0.2) is 22.7 Å². The zero-order chi connectivity index (χ0) is 12.3. The molecule has 4 heteroatoms. The Balaban J connectivity index is 1.87. The summed E-state index contributed by atoms with van der Waals surface area (Å²) in [6.07, 6.45) is 3.50. The number of nitrogens with one attached hydrogen (secondary N) is 1. The van der Waals surface area contributed by atoms with Crippen LogP contribution in [0, 0.1) is 0 Å². The highest BCUT2D eigenvalue weighted by molar-refractivity contribution is 9.10. The van der Waals surface area contributed by atoms with Crippen molar-refractivity contribution in [1.82, 2.24) is 5.32 Å². The van der Waals surface area contributed by atoms with Gasteiger partial charge in [0.05, 0.1) is 5.60 Å². The smallest absolute Gasteiger partial charge is 0.120 e. The molecule has 1 aromatic carbocycles. The predicted octanol–water partition coefficient (Wildman–Crippen LogP) is 2.81. The molecular weight excluding hydrogens is 282 g/mol. The van der Waals surface area contributed by atoms with E-state index in [1.54, 1.807) is 13.2 Å². The number of rotatable bonds is 5. The van der Waals surface area contributed by atoms with Gasteiger partial charge in [-0.1, -0.05) is 15.9 Å². The van der Waals surface area contributed by atoms with Crippen LogP contribution in [0.2, 0.25) is 0 Å². The quantitative estimate of drug-likeness (QED) is 0.878. The van der Waals surface area contributed by atoms with Crippen LogP contribution in [-0.2, 0) is 11.3 Å². The Morgan fingerprint density at radius 2 is 2.24 bits per heavy atom. The summed E-state index contributed by atoms with van der Waals surface area (Å²) in [6, 6.07) is 5.47. The molecule has 0 bridgehead atoms. The van der Waals surface area contributed by atoms with Crippen molar-refractivity contribution in [3.8, 4) is 5.75 Å². The highest BCUT2D eigenvalue weighted by atomic mass is 79.9. The molecule has 94 valence electrons. The van der Waals surface area contributed by atoms with E-state index in [1.165, 1.54) is 6.42 Å². The molecule has 0 aliphatic heterocycles. The molecular formula is C13H18BrNO2. The summed E-state index contributed by atoms with van der Waals surface area (Å²) in [5.41, 5.74) is 0.937. The van der Waals surface area contributed by atoms with Crippen molar-refractivity contribution in [3.63, 3.8) is 0 Å². The Labute approximate surface area is 110 Å². The summed E-state index contributed by atoms with van der Waals surface area (Å²) >= 11 is 3.40. The minimum absolute atomic E-state index is 0.0294. The van der Waals surface area contributed by atoms with Crippen LogP contribution in [0.4, 0.5) is 0 Å². The van der Waals surface area contributed by atoms with E-state index in [-0.39, 0.29) is 5.60 Å². The van der Waals surface area contributed by atoms with Crippen LogP contribution in [0.3, 0.4) is 0 Å². The normalized spacial score (nSPS) is 17.8. The first-order chi connectivity index (χ1) is 8.15. The molecule has 1 aromatic rings. The summed E-state index contributed by atoms with van der Waals surface area (Å²) in [6.45, 7) is 1.51. The fraction of sp³-hybridized carbons (Fsp3) is 0.538. The van der Waals surface area contributed by atoms with Gasteiger partial charge in [-0.3, -0.25) is 0 Å². The first-order valence-corrected chi connectivity index (χ1v) is 6.68. The van der Waals surface area contributed by atoms with Crippen molar-refractivity contribution in [3.05, 3.63) is 28.2 Å². The van der Waals surface area contributed by atoms with Gasteiger partial charge in [-0.2, -0.15) is 0 Å². The SMILES string of the molecule is COC1(CNCc2cc(Br)ccc2O)CCC1. The maximum Gasteiger partial charge on any atom is 0.120 e. The van der Waals surface area contributed by atoms with E-state index in [9.17, 15) is 5.11 Å². The van der Waals surface area contributed by atoms with Gasteiger partial charge >= 0.3 is 0 Å². The Kier molecular flexibility index (Phi) is 4.07. The number of benzene rings is 1. The summed E-state index contributed by atoms with van der Waals surface area (Å²) in [4.78, 5) is 0. The summed E-state index contributed by atoms with van der Waals surface area (Å²) in [5.74, 6) is 0.334. The number of methoxy groups -OCH3 is 1. The van der Waals surface area contributed by atoms with E-state index in [0.717, 1.165) is 29.4 Å². The largest absolute Gasteiger partial charge is 0.508 e. The predicted molar refractivity (Wildman–Crippen MR) is 71.1 cm³/mol. The van der Waals surface area contributed by atoms with Gasteiger partial charge in [0.25, 0.3) is 0 Å². The van der Waals surface area contributed by atoms with E-state index in [2.05, 4.69) is 21.2 Å². The molecule has 17 heavy (non-hydrogen) atoms. The Morgan fingerprint density at radius 1 is 1.47 bits per heavy atom. The third-order valence-electron chi connectivity index (χ3n) is 3.50. The summed E-state index contributed by atoms with van der Waals surface area (Å²) in [5, 5.41) is 13.1. The minimum Gasteiger partial charge on any atom is -0.508 e. The zero-order valence-electron chi connectivity index (χ0n) is 10.0. The Hall–Kier alpha value is -0.580. The van der Waals surface area contributed by atoms with Gasteiger partial charge < -0.3 is 15.2 Å². The van der Waals surface area contributed by atoms with Crippen LogP contribution >= 0.6 is 15.9 Å². The number of halogens is 1. The molecule has 1 fully saturated rings. The lowest BCUT2D eigenvalue weighted by Crippen LogP contribution is -2.47. The molecule has 0 radical (unpaired) electrons. The van der Waals surface area contributed by atoms with Gasteiger partial charge in [-0.05, 0) is 37.5 Å². The molecule has 1 aliphatic rings. The molecule has 0 unspecified atom stereocenters. The molecule has 2 rings (SSSR count). The van der Waals surface area contributed by atoms with Crippen molar-refractivity contribution in [2.45, 2.75) is 31.4 Å². The van der Waals surface area contributed by atoms with E-state index in [0.29, 0.717) is 12.3 Å². The molecule has 0 aromatic heterocycles. The lowest BCUT2D eigenvalue weighted by atomic mass is 9.80. The highest BCUT2D eigenvalue weighted by Crippen LogP contribution is 2.34. The zero-order valence-corrected chi connectivity index (χ0v) is 11.6. The first-order valence-electron chi connectivity index (χ1n) is 5.88. The molecule has 3 nitrogen and oxygen atoms in total. The molecule has 0 amide bonds. The molecule has 0 atom stereocenters. The Bertz CT molecular complexity index is 385. The van der Waals surface area contributed by atoms with Gasteiger partial charge in [-0.25, -0.2) is 0 Å². The third-order valence-corrected chi connectivity index (χ3v) is 4.00. The van der Waals surface area contributed by atoms with Crippen LogP contribution < -0.4 is 5.32 Å². The fourth-order valence-corrected chi connectivity index (χ4v) is 2.55. The highest BCUT2D eigenvalue weighted by Gasteiger charge is 2.36. The van der Waals surface area contributed by atoms with Crippen LogP contribution in [0.5, 0.6) is 5.75 Å². The van der Waals surface area contributed by atoms with Gasteiger partial charge in [0.1, 0.15) is 5.75 Å². The molecule has 0 saturated heterocycles. The average Bonchev–Trinajstić information content (AvgIpc) is 2.27. The van der Waals surface area contributed by atoms with Gasteiger partial charge in [-0.15, -0.1) is 0 Å². The average molecular weight is 300 g/mol. The number of phenolic OH excluding ortho intramolecular Hbond substituents is 1. The minimum atomic E-state index is 0.0294. The Morgan fingerprint density at radius 3 is 2.82 bits per heavy atom. The topological polar surface area (TPSA) is 41.5 Å². The van der Waals surface area contributed by atoms with Crippen molar-refractivity contribution < 1.29 is 9.84 Å². The number of ether oxygens (including phenoxy) is 1. The van der Waals surface area contributed by atoms with E-state index in [1.807, 2.05) is 12.1 Å². The second kappa shape index (κ2) is 5.38. The summed E-state index contributed by atoms with van der Waals surface area (Å²) < 4.78 is 6.51. The van der Waals surface area contributed by atoms with Gasteiger partial charge in [0.15, 0.2) is 0 Å². The van der Waals surface area contributed by atoms with Crippen molar-refractivity contribution in [2.75, 3.05) is 13.7 Å². The number of aromatic hydroxyl groups is 1. The second-order valence-corrected chi connectivity index (χ2v) is 5.53. The fourth-order valence-electron chi connectivity index (χ4n) is 2.14. The van der Waals surface area contributed by atoms with Crippen LogP contribution in [-0.4, -0.2) is 24.4 Å². The molecule has 1 saturated carbocycles. The molecule has 0 spiro atoms. The van der Waals surface area contributed by atoms with Crippen molar-refractivity contribution in [1.29, 1.82) is 0 Å². The monoisotopic (exact) mass is 299 g/mol. The maximum atomic E-state index is 9.70. The first kappa shape index (κ1) is 12.9. The molecule has 0 heterocycles. The lowest BCUT2D eigenvalue weighted by Gasteiger charge is -2.40. The lowest BCUT2D eigenvalue weighted by molar-refractivity contribution is -0.0695. The van der Waals surface area contributed by atoms with Crippen LogP contribution in [0.1, 0.15) is 24.8 Å².